The van der Waals surface area contributed by atoms with Crippen molar-refractivity contribution in [3.05, 3.63) is 0 Å². The van der Waals surface area contributed by atoms with Crippen molar-refractivity contribution < 1.29 is 14.3 Å². The zero-order valence-corrected chi connectivity index (χ0v) is 14.1. The van der Waals surface area contributed by atoms with Gasteiger partial charge in [0.25, 0.3) is 0 Å². The Kier molecular flexibility index (Phi) is 3.86. The van der Waals surface area contributed by atoms with Crippen molar-refractivity contribution in [2.45, 2.75) is 83.5 Å². The standard InChI is InChI=1S/C17H28N2O3/c1-10-7-14(10)15(20)18-11-8-12-5-6-13(9-11)19(12)16(21)22-17(2,3)4/h10-14H,5-9H2,1-4H3,(H,18,20)/t10-,11?,12-,13+,14-/m1/s1. The van der Waals surface area contributed by atoms with Gasteiger partial charge in [-0.25, -0.2) is 4.79 Å². The molecule has 1 unspecified atom stereocenters. The maximum Gasteiger partial charge on any atom is 0.410 e. The van der Waals surface area contributed by atoms with Crippen LogP contribution < -0.4 is 5.32 Å². The first-order chi connectivity index (χ1) is 10.2. The summed E-state index contributed by atoms with van der Waals surface area (Å²) in [5.74, 6) is 0.975. The number of piperidine rings is 1. The van der Waals surface area contributed by atoms with Crippen molar-refractivity contribution >= 4 is 12.0 Å². The number of nitrogens with one attached hydrogen (secondary N) is 1. The van der Waals surface area contributed by atoms with E-state index in [-0.39, 0.29) is 36.0 Å². The molecular weight excluding hydrogens is 280 g/mol. The number of rotatable bonds is 2. The zero-order chi connectivity index (χ0) is 16.1. The SMILES string of the molecule is C[C@@H]1C[C@H]1C(=O)NC1C[C@H]2CC[C@@H](C1)N2C(=O)OC(C)(C)C. The molecule has 0 aromatic rings. The fourth-order valence-electron chi connectivity index (χ4n) is 3.90. The number of ether oxygens (including phenoxy) is 1. The maximum absolute atomic E-state index is 12.4. The van der Waals surface area contributed by atoms with Crippen LogP contribution in [0.25, 0.3) is 0 Å². The van der Waals surface area contributed by atoms with Gasteiger partial charge in [0.15, 0.2) is 0 Å². The van der Waals surface area contributed by atoms with Crippen LogP contribution in [0.2, 0.25) is 0 Å². The number of hydrogen-bond donors (Lipinski definition) is 1. The summed E-state index contributed by atoms with van der Waals surface area (Å²) >= 11 is 0. The molecule has 1 N–H and O–H groups in total. The lowest BCUT2D eigenvalue weighted by Crippen LogP contribution is -2.53. The monoisotopic (exact) mass is 308 g/mol. The van der Waals surface area contributed by atoms with Crippen molar-refractivity contribution in [3.63, 3.8) is 0 Å². The van der Waals surface area contributed by atoms with Crippen molar-refractivity contribution in [1.29, 1.82) is 0 Å². The molecule has 0 radical (unpaired) electrons. The summed E-state index contributed by atoms with van der Waals surface area (Å²) in [4.78, 5) is 26.4. The largest absolute Gasteiger partial charge is 0.444 e. The van der Waals surface area contributed by atoms with E-state index >= 15 is 0 Å². The van der Waals surface area contributed by atoms with Crippen molar-refractivity contribution in [1.82, 2.24) is 10.2 Å². The quantitative estimate of drug-likeness (QED) is 0.853. The predicted octanol–water partition coefficient (Wildman–Crippen LogP) is 2.69. The van der Waals surface area contributed by atoms with Gasteiger partial charge in [0, 0.05) is 24.0 Å². The van der Waals surface area contributed by atoms with E-state index in [9.17, 15) is 9.59 Å². The van der Waals surface area contributed by atoms with Gasteiger partial charge >= 0.3 is 6.09 Å². The average molecular weight is 308 g/mol. The van der Waals surface area contributed by atoms with Crippen LogP contribution in [0.3, 0.4) is 0 Å². The first kappa shape index (κ1) is 15.6. The molecule has 2 amide bonds. The minimum absolute atomic E-state index is 0.194. The molecule has 0 aromatic heterocycles. The minimum Gasteiger partial charge on any atom is -0.444 e. The molecule has 5 atom stereocenters. The highest BCUT2D eigenvalue weighted by Crippen LogP contribution is 2.40. The van der Waals surface area contributed by atoms with Crippen LogP contribution in [0.15, 0.2) is 0 Å². The normalized spacial score (nSPS) is 36.9. The molecule has 3 fully saturated rings. The van der Waals surface area contributed by atoms with Crippen molar-refractivity contribution in [2.75, 3.05) is 0 Å². The summed E-state index contributed by atoms with van der Waals surface area (Å²) in [6.45, 7) is 7.82. The summed E-state index contributed by atoms with van der Waals surface area (Å²) in [5.41, 5.74) is -0.455. The molecule has 0 aromatic carbocycles. The molecular formula is C17H28N2O3. The first-order valence-electron chi connectivity index (χ1n) is 8.56. The van der Waals surface area contributed by atoms with Gasteiger partial charge in [0.05, 0.1) is 0 Å². The molecule has 2 bridgehead atoms. The molecule has 5 nitrogen and oxygen atoms in total. The lowest BCUT2D eigenvalue weighted by Gasteiger charge is -2.39. The Labute approximate surface area is 132 Å². The molecule has 22 heavy (non-hydrogen) atoms. The molecule has 2 heterocycles. The number of nitrogens with zero attached hydrogens (tertiary/aromatic N) is 1. The molecule has 1 aliphatic carbocycles. The average Bonchev–Trinajstić information content (AvgIpc) is 3.04. The third kappa shape index (κ3) is 3.23. The number of fused-ring (bicyclic) bond motifs is 2. The van der Waals surface area contributed by atoms with Gasteiger partial charge in [0.1, 0.15) is 5.60 Å². The fourth-order valence-corrected chi connectivity index (χ4v) is 3.90. The van der Waals surface area contributed by atoms with Gasteiger partial charge in [-0.15, -0.1) is 0 Å². The Balaban J connectivity index is 1.57. The van der Waals surface area contributed by atoms with E-state index in [0.717, 1.165) is 32.1 Å². The van der Waals surface area contributed by atoms with Gasteiger partial charge < -0.3 is 15.0 Å². The number of hydrogen-bond acceptors (Lipinski definition) is 3. The number of carbonyl (C=O) groups is 2. The highest BCUT2D eigenvalue weighted by atomic mass is 16.6. The van der Waals surface area contributed by atoms with Crippen molar-refractivity contribution in [3.8, 4) is 0 Å². The molecule has 5 heteroatoms. The van der Waals surface area contributed by atoms with Gasteiger partial charge in [-0.2, -0.15) is 0 Å². The fraction of sp³-hybridized carbons (Fsp3) is 0.882. The van der Waals surface area contributed by atoms with Crippen LogP contribution in [0.5, 0.6) is 0 Å². The minimum atomic E-state index is -0.455. The van der Waals surface area contributed by atoms with Crippen LogP contribution in [0.4, 0.5) is 4.79 Å². The van der Waals surface area contributed by atoms with Gasteiger partial charge in [-0.05, 0) is 58.8 Å². The lowest BCUT2D eigenvalue weighted by molar-refractivity contribution is -0.123. The van der Waals surface area contributed by atoms with Crippen LogP contribution in [0, 0.1) is 11.8 Å². The predicted molar refractivity (Wildman–Crippen MR) is 83.3 cm³/mol. The number of amides is 2. The Morgan fingerprint density at radius 3 is 2.09 bits per heavy atom. The second kappa shape index (κ2) is 5.43. The Morgan fingerprint density at radius 1 is 1.09 bits per heavy atom. The molecule has 1 saturated carbocycles. The summed E-state index contributed by atoms with van der Waals surface area (Å²) in [6.07, 6.45) is 4.60. The highest BCUT2D eigenvalue weighted by Gasteiger charge is 2.46. The van der Waals surface area contributed by atoms with E-state index in [0.29, 0.717) is 5.92 Å². The first-order valence-corrected chi connectivity index (χ1v) is 8.56. The van der Waals surface area contributed by atoms with Crippen LogP contribution in [-0.2, 0) is 9.53 Å². The van der Waals surface area contributed by atoms with Gasteiger partial charge in [-0.1, -0.05) is 6.92 Å². The zero-order valence-electron chi connectivity index (χ0n) is 14.1. The molecule has 2 saturated heterocycles. The Morgan fingerprint density at radius 2 is 1.64 bits per heavy atom. The molecule has 3 rings (SSSR count). The second-order valence-corrected chi connectivity index (χ2v) is 8.27. The smallest absolute Gasteiger partial charge is 0.410 e. The van der Waals surface area contributed by atoms with Crippen molar-refractivity contribution in [2.24, 2.45) is 11.8 Å². The third-order valence-corrected chi connectivity index (χ3v) is 5.13. The third-order valence-electron chi connectivity index (χ3n) is 5.13. The summed E-state index contributed by atoms with van der Waals surface area (Å²) in [6, 6.07) is 0.655. The summed E-state index contributed by atoms with van der Waals surface area (Å²) in [7, 11) is 0. The molecule has 124 valence electrons. The van der Waals surface area contributed by atoms with Crippen LogP contribution in [-0.4, -0.2) is 40.6 Å². The van der Waals surface area contributed by atoms with E-state index in [1.165, 1.54) is 0 Å². The number of carbonyl (C=O) groups excluding carboxylic acids is 2. The molecule has 3 aliphatic rings. The highest BCUT2D eigenvalue weighted by molar-refractivity contribution is 5.81. The topological polar surface area (TPSA) is 58.6 Å². The second-order valence-electron chi connectivity index (χ2n) is 8.27. The Bertz CT molecular complexity index is 457. The van der Waals surface area contributed by atoms with E-state index in [1.54, 1.807) is 0 Å². The lowest BCUT2D eigenvalue weighted by atomic mass is 9.97. The van der Waals surface area contributed by atoms with Crippen LogP contribution in [0.1, 0.15) is 59.8 Å². The molecule has 2 aliphatic heterocycles. The van der Waals surface area contributed by atoms with Crippen LogP contribution >= 0.6 is 0 Å². The molecule has 0 spiro atoms. The summed E-state index contributed by atoms with van der Waals surface area (Å²) < 4.78 is 5.54. The van der Waals surface area contributed by atoms with E-state index in [1.807, 2.05) is 25.7 Å². The van der Waals surface area contributed by atoms with Gasteiger partial charge in [0.2, 0.25) is 5.91 Å². The Hall–Kier alpha value is -1.26. The van der Waals surface area contributed by atoms with E-state index in [4.69, 9.17) is 4.74 Å². The summed E-state index contributed by atoms with van der Waals surface area (Å²) in [5, 5.41) is 3.20. The van der Waals surface area contributed by atoms with Gasteiger partial charge in [-0.3, -0.25) is 4.79 Å². The van der Waals surface area contributed by atoms with E-state index < -0.39 is 5.60 Å². The van der Waals surface area contributed by atoms with E-state index in [2.05, 4.69) is 12.2 Å². The maximum atomic E-state index is 12.4.